The van der Waals surface area contributed by atoms with Crippen molar-refractivity contribution in [1.82, 2.24) is 10.3 Å². The summed E-state index contributed by atoms with van der Waals surface area (Å²) in [4.78, 5) is 15.1. The molecule has 2 aromatic rings. The molecule has 4 heteroatoms. The Morgan fingerprint density at radius 3 is 3.16 bits per heavy atom. The molecule has 1 aromatic heterocycles. The van der Waals surface area contributed by atoms with Crippen LogP contribution in [0.25, 0.3) is 10.9 Å². The van der Waals surface area contributed by atoms with Gasteiger partial charge in [0.15, 0.2) is 0 Å². The molecule has 1 atom stereocenters. The third-order valence-corrected chi connectivity index (χ3v) is 3.58. The molecule has 4 nitrogen and oxygen atoms in total. The van der Waals surface area contributed by atoms with Gasteiger partial charge in [-0.1, -0.05) is 18.2 Å². The summed E-state index contributed by atoms with van der Waals surface area (Å²) in [5.74, 6) is 0.0558. The van der Waals surface area contributed by atoms with Crippen molar-refractivity contribution < 1.29 is 9.53 Å². The van der Waals surface area contributed by atoms with Crippen molar-refractivity contribution in [3.05, 3.63) is 36.0 Å². The third kappa shape index (κ3) is 2.79. The van der Waals surface area contributed by atoms with Gasteiger partial charge >= 0.3 is 0 Å². The van der Waals surface area contributed by atoms with Gasteiger partial charge in [-0.3, -0.25) is 4.79 Å². The Bertz CT molecular complexity index is 570. The zero-order valence-corrected chi connectivity index (χ0v) is 10.8. The molecule has 0 spiro atoms. The summed E-state index contributed by atoms with van der Waals surface area (Å²) in [5.41, 5.74) is 2.12. The number of aromatic nitrogens is 1. The Morgan fingerprint density at radius 1 is 1.42 bits per heavy atom. The van der Waals surface area contributed by atoms with E-state index in [0.29, 0.717) is 13.0 Å². The Labute approximate surface area is 112 Å². The summed E-state index contributed by atoms with van der Waals surface area (Å²) < 4.78 is 5.49. The quantitative estimate of drug-likeness (QED) is 0.881. The lowest BCUT2D eigenvalue weighted by molar-refractivity contribution is -0.120. The molecule has 1 amide bonds. The number of hydrogen-bond donors (Lipinski definition) is 2. The van der Waals surface area contributed by atoms with Gasteiger partial charge in [0.1, 0.15) is 0 Å². The average Bonchev–Trinajstić information content (AvgIpc) is 3.07. The summed E-state index contributed by atoms with van der Waals surface area (Å²) in [7, 11) is 0. The van der Waals surface area contributed by atoms with Crippen molar-refractivity contribution in [1.29, 1.82) is 0 Å². The summed E-state index contributed by atoms with van der Waals surface area (Å²) in [5, 5.41) is 4.07. The molecule has 2 heterocycles. The molecule has 1 aliphatic heterocycles. The minimum atomic E-state index is 0.0558. The van der Waals surface area contributed by atoms with Crippen molar-refractivity contribution >= 4 is 16.8 Å². The van der Waals surface area contributed by atoms with Crippen LogP contribution in [-0.2, 0) is 16.0 Å². The highest BCUT2D eigenvalue weighted by molar-refractivity contribution is 5.88. The Morgan fingerprint density at radius 2 is 2.32 bits per heavy atom. The van der Waals surface area contributed by atoms with Crippen molar-refractivity contribution in [3.8, 4) is 0 Å². The number of benzene rings is 1. The van der Waals surface area contributed by atoms with E-state index in [9.17, 15) is 4.79 Å². The van der Waals surface area contributed by atoms with E-state index < -0.39 is 0 Å². The lowest BCUT2D eigenvalue weighted by Gasteiger charge is -2.10. The fourth-order valence-electron chi connectivity index (χ4n) is 2.55. The number of rotatable bonds is 4. The van der Waals surface area contributed by atoms with Crippen molar-refractivity contribution in [2.24, 2.45) is 0 Å². The number of nitrogens with one attached hydrogen (secondary N) is 2. The van der Waals surface area contributed by atoms with Gasteiger partial charge in [0.05, 0.1) is 12.5 Å². The highest BCUT2D eigenvalue weighted by Gasteiger charge is 2.16. The molecule has 2 N–H and O–H groups in total. The first kappa shape index (κ1) is 12.2. The normalized spacial score (nSPS) is 18.8. The van der Waals surface area contributed by atoms with Gasteiger partial charge in [-0.05, 0) is 24.5 Å². The van der Waals surface area contributed by atoms with Crippen LogP contribution in [0.1, 0.15) is 18.4 Å². The van der Waals surface area contributed by atoms with Crippen LogP contribution in [0.2, 0.25) is 0 Å². The fraction of sp³-hybridized carbons (Fsp3) is 0.400. The number of para-hydroxylation sites is 1. The van der Waals surface area contributed by atoms with Crippen LogP contribution in [0.15, 0.2) is 30.5 Å². The number of ether oxygens (including phenoxy) is 1. The Hall–Kier alpha value is -1.81. The van der Waals surface area contributed by atoms with Gasteiger partial charge in [0, 0.05) is 30.3 Å². The molecule has 0 saturated carbocycles. The molecule has 3 rings (SSSR count). The second kappa shape index (κ2) is 5.45. The molecule has 1 aromatic carbocycles. The largest absolute Gasteiger partial charge is 0.376 e. The van der Waals surface area contributed by atoms with Crippen LogP contribution in [-0.4, -0.2) is 30.1 Å². The predicted octanol–water partition coefficient (Wildman–Crippen LogP) is 2.01. The molecular formula is C15H18N2O2. The molecule has 1 aliphatic rings. The maximum absolute atomic E-state index is 11.9. The van der Waals surface area contributed by atoms with E-state index in [1.54, 1.807) is 0 Å². The standard InChI is InChI=1S/C15H18N2O2/c18-15(17-10-12-4-3-7-19-12)8-11-9-16-14-6-2-1-5-13(11)14/h1-2,5-6,9,12,16H,3-4,7-8,10H2,(H,17,18)/t12-/m1/s1. The van der Waals surface area contributed by atoms with E-state index in [-0.39, 0.29) is 12.0 Å². The average molecular weight is 258 g/mol. The molecule has 0 bridgehead atoms. The van der Waals surface area contributed by atoms with E-state index in [4.69, 9.17) is 4.74 Å². The van der Waals surface area contributed by atoms with Gasteiger partial charge in [0.2, 0.25) is 5.91 Å². The van der Waals surface area contributed by atoms with E-state index in [0.717, 1.165) is 35.9 Å². The number of hydrogen-bond acceptors (Lipinski definition) is 2. The highest BCUT2D eigenvalue weighted by atomic mass is 16.5. The van der Waals surface area contributed by atoms with Crippen molar-refractivity contribution in [3.63, 3.8) is 0 Å². The maximum atomic E-state index is 11.9. The first-order chi connectivity index (χ1) is 9.33. The fourth-order valence-corrected chi connectivity index (χ4v) is 2.55. The van der Waals surface area contributed by atoms with Gasteiger partial charge in [-0.2, -0.15) is 0 Å². The van der Waals surface area contributed by atoms with Crippen molar-refractivity contribution in [2.75, 3.05) is 13.2 Å². The van der Waals surface area contributed by atoms with Crippen LogP contribution < -0.4 is 5.32 Å². The number of H-pyrrole nitrogens is 1. The minimum Gasteiger partial charge on any atom is -0.376 e. The van der Waals surface area contributed by atoms with Crippen LogP contribution >= 0.6 is 0 Å². The Balaban J connectivity index is 1.59. The minimum absolute atomic E-state index is 0.0558. The zero-order chi connectivity index (χ0) is 13.1. The molecule has 1 saturated heterocycles. The first-order valence-electron chi connectivity index (χ1n) is 6.76. The topological polar surface area (TPSA) is 54.1 Å². The van der Waals surface area contributed by atoms with Crippen LogP contribution in [0, 0.1) is 0 Å². The molecule has 1 fully saturated rings. The zero-order valence-electron chi connectivity index (χ0n) is 10.8. The molecule has 100 valence electrons. The number of aromatic amines is 1. The summed E-state index contributed by atoms with van der Waals surface area (Å²) >= 11 is 0. The van der Waals surface area contributed by atoms with E-state index in [2.05, 4.69) is 10.3 Å². The maximum Gasteiger partial charge on any atom is 0.224 e. The second-order valence-corrected chi connectivity index (χ2v) is 4.98. The first-order valence-corrected chi connectivity index (χ1v) is 6.76. The van der Waals surface area contributed by atoms with E-state index in [1.807, 2.05) is 30.5 Å². The smallest absolute Gasteiger partial charge is 0.224 e. The predicted molar refractivity (Wildman–Crippen MR) is 74.0 cm³/mol. The molecule has 0 aliphatic carbocycles. The van der Waals surface area contributed by atoms with Gasteiger partial charge in [0.25, 0.3) is 0 Å². The lowest BCUT2D eigenvalue weighted by Crippen LogP contribution is -2.32. The van der Waals surface area contributed by atoms with Gasteiger partial charge < -0.3 is 15.0 Å². The monoisotopic (exact) mass is 258 g/mol. The Kier molecular flexibility index (Phi) is 3.51. The summed E-state index contributed by atoms with van der Waals surface area (Å²) in [6.07, 6.45) is 4.68. The molecule has 0 unspecified atom stereocenters. The number of amides is 1. The molecule has 19 heavy (non-hydrogen) atoms. The van der Waals surface area contributed by atoms with Gasteiger partial charge in [-0.25, -0.2) is 0 Å². The van der Waals surface area contributed by atoms with Crippen LogP contribution in [0.4, 0.5) is 0 Å². The number of carbonyl (C=O) groups excluding carboxylic acids is 1. The number of carbonyl (C=O) groups is 1. The molecule has 0 radical (unpaired) electrons. The van der Waals surface area contributed by atoms with E-state index in [1.165, 1.54) is 0 Å². The second-order valence-electron chi connectivity index (χ2n) is 4.98. The third-order valence-electron chi connectivity index (χ3n) is 3.58. The molecular weight excluding hydrogens is 240 g/mol. The van der Waals surface area contributed by atoms with Gasteiger partial charge in [-0.15, -0.1) is 0 Å². The SMILES string of the molecule is O=C(Cc1c[nH]c2ccccc12)NC[C@H]1CCCO1. The highest BCUT2D eigenvalue weighted by Crippen LogP contribution is 2.18. The van der Waals surface area contributed by atoms with Crippen molar-refractivity contribution in [2.45, 2.75) is 25.4 Å². The van der Waals surface area contributed by atoms with Crippen LogP contribution in [0.5, 0.6) is 0 Å². The lowest BCUT2D eigenvalue weighted by atomic mass is 10.1. The summed E-state index contributed by atoms with van der Waals surface area (Å²) in [6.45, 7) is 1.45. The van der Waals surface area contributed by atoms with E-state index >= 15 is 0 Å². The number of fused-ring (bicyclic) bond motifs is 1. The summed E-state index contributed by atoms with van der Waals surface area (Å²) in [6, 6.07) is 8.03. The van der Waals surface area contributed by atoms with Crippen LogP contribution in [0.3, 0.4) is 0 Å².